The molecule has 0 aliphatic rings. The quantitative estimate of drug-likeness (QED) is 0.407. The monoisotopic (exact) mass is 479 g/mol. The highest BCUT2D eigenvalue weighted by Crippen LogP contribution is 2.38. The number of carbonyl (C=O) groups excluding carboxylic acids is 1. The lowest BCUT2D eigenvalue weighted by molar-refractivity contribution is -0.753. The maximum Gasteiger partial charge on any atom is 0.417 e. The molecule has 0 fully saturated rings. The van der Waals surface area contributed by atoms with Crippen molar-refractivity contribution in [3.8, 4) is 23.1 Å². The van der Waals surface area contributed by atoms with Gasteiger partial charge in [-0.3, -0.25) is 14.6 Å². The summed E-state index contributed by atoms with van der Waals surface area (Å²) in [6.45, 7) is 0. The number of methoxy groups -OCH3 is 1. The predicted molar refractivity (Wildman–Crippen MR) is 112 cm³/mol. The number of nitrogens with one attached hydrogen (secondary N) is 1. The van der Waals surface area contributed by atoms with Crippen molar-refractivity contribution < 1.29 is 32.0 Å². The smallest absolute Gasteiger partial charge is 0.417 e. The van der Waals surface area contributed by atoms with E-state index in [1.54, 1.807) is 49.4 Å². The zero-order valence-corrected chi connectivity index (χ0v) is 18.5. The zero-order valence-electron chi connectivity index (χ0n) is 17.7. The van der Waals surface area contributed by atoms with Gasteiger partial charge in [0.1, 0.15) is 16.8 Å². The summed E-state index contributed by atoms with van der Waals surface area (Å²) in [4.78, 5) is 17.8. The second-order valence-corrected chi connectivity index (χ2v) is 7.71. The van der Waals surface area contributed by atoms with Gasteiger partial charge in [0, 0.05) is 5.56 Å². The second kappa shape index (κ2) is 9.78. The number of alkyl halides is 3. The number of nitrogens with zero attached hydrogens (tertiary/aromatic N) is 5. The Morgan fingerprint density at radius 1 is 1.33 bits per heavy atom. The number of thioether (sulfide) groups is 1. The molecular weight excluding hydrogens is 461 g/mol. The highest BCUT2D eigenvalue weighted by atomic mass is 32.2. The number of halogens is 3. The summed E-state index contributed by atoms with van der Waals surface area (Å²) < 4.78 is 51.0. The first-order chi connectivity index (χ1) is 15.6. The lowest BCUT2D eigenvalue weighted by atomic mass is 10.1. The molecule has 0 aliphatic carbocycles. The van der Waals surface area contributed by atoms with E-state index in [-0.39, 0.29) is 22.4 Å². The second-order valence-electron chi connectivity index (χ2n) is 6.74. The van der Waals surface area contributed by atoms with Crippen LogP contribution in [0.25, 0.3) is 11.3 Å². The predicted octanol–water partition coefficient (Wildman–Crippen LogP) is 2.85. The van der Waals surface area contributed by atoms with E-state index < -0.39 is 23.2 Å². The van der Waals surface area contributed by atoms with Crippen molar-refractivity contribution in [3.63, 3.8) is 0 Å². The molecule has 1 N–H and O–H groups in total. The third kappa shape index (κ3) is 5.72. The van der Waals surface area contributed by atoms with Crippen LogP contribution >= 0.6 is 11.8 Å². The van der Waals surface area contributed by atoms with Gasteiger partial charge in [0.2, 0.25) is 11.2 Å². The number of pyridine rings is 1. The molecule has 9 nitrogen and oxygen atoms in total. The number of amides is 1. The summed E-state index contributed by atoms with van der Waals surface area (Å²) in [6.07, 6.45) is -3.37. The molecule has 1 aromatic carbocycles. The lowest BCUT2D eigenvalue weighted by Crippen LogP contribution is -2.53. The normalized spacial score (nSPS) is 11.1. The van der Waals surface area contributed by atoms with E-state index >= 15 is 0 Å². The first-order valence-electron chi connectivity index (χ1n) is 9.28. The van der Waals surface area contributed by atoms with Crippen LogP contribution < -0.4 is 19.9 Å². The molecule has 33 heavy (non-hydrogen) atoms. The topological polar surface area (TPSA) is 108 Å². The molecule has 0 aliphatic heterocycles. The largest absolute Gasteiger partial charge is 0.497 e. The fourth-order valence-corrected chi connectivity index (χ4v) is 3.46. The van der Waals surface area contributed by atoms with Crippen LogP contribution in [0.1, 0.15) is 11.1 Å². The van der Waals surface area contributed by atoms with Crippen molar-refractivity contribution in [2.45, 2.75) is 11.2 Å². The average molecular weight is 479 g/mol. The van der Waals surface area contributed by atoms with Crippen molar-refractivity contribution in [1.82, 2.24) is 10.3 Å². The molecule has 2 aromatic heterocycles. The Labute approximate surface area is 190 Å². The van der Waals surface area contributed by atoms with Crippen molar-refractivity contribution in [3.05, 3.63) is 47.7 Å². The van der Waals surface area contributed by atoms with Crippen LogP contribution in [0.3, 0.4) is 0 Å². The molecule has 1 amide bonds. The van der Waals surface area contributed by atoms with E-state index in [4.69, 9.17) is 9.26 Å². The van der Waals surface area contributed by atoms with Crippen LogP contribution in [0.5, 0.6) is 5.75 Å². The van der Waals surface area contributed by atoms with Gasteiger partial charge >= 0.3 is 12.1 Å². The van der Waals surface area contributed by atoms with Gasteiger partial charge in [-0.2, -0.15) is 23.4 Å². The summed E-state index contributed by atoms with van der Waals surface area (Å²) >= 11 is 0.709. The summed E-state index contributed by atoms with van der Waals surface area (Å²) in [5, 5.41) is 16.9. The molecule has 0 spiro atoms. The molecular formula is C20H18F3N6O3S+. The third-order valence-corrected chi connectivity index (χ3v) is 5.23. The standard InChI is InChI=1S/C20H17F3N6O3S/c1-28(2)29-10-18(32-27-29)26-17(30)11-33-19-14(9-24)15(20(21,22)23)8-16(25-19)12-4-6-13(31-3)7-5-12/h4-8,10H,11H2,1-3H3/p+1. The van der Waals surface area contributed by atoms with Gasteiger partial charge in [-0.05, 0) is 30.3 Å². The van der Waals surface area contributed by atoms with E-state index in [0.717, 1.165) is 6.07 Å². The summed E-state index contributed by atoms with van der Waals surface area (Å²) in [5.41, 5.74) is -1.38. The molecule has 0 unspecified atom stereocenters. The lowest BCUT2D eigenvalue weighted by Gasteiger charge is -2.14. The Morgan fingerprint density at radius 2 is 2.03 bits per heavy atom. The van der Waals surface area contributed by atoms with E-state index in [1.165, 1.54) is 18.1 Å². The number of aromatic nitrogens is 3. The number of hydrogen-bond donors (Lipinski definition) is 1. The minimum atomic E-state index is -4.79. The van der Waals surface area contributed by atoms with Crippen molar-refractivity contribution >= 4 is 23.6 Å². The molecule has 0 bridgehead atoms. The number of rotatable bonds is 7. The van der Waals surface area contributed by atoms with Gasteiger partial charge in [0.25, 0.3) is 6.20 Å². The Balaban J connectivity index is 1.88. The molecule has 0 radical (unpaired) electrons. The number of benzene rings is 1. The fraction of sp³-hybridized carbons (Fsp3) is 0.250. The summed E-state index contributed by atoms with van der Waals surface area (Å²) in [7, 11) is 4.87. The fourth-order valence-electron chi connectivity index (χ4n) is 2.66. The van der Waals surface area contributed by atoms with Gasteiger partial charge < -0.3 is 4.74 Å². The van der Waals surface area contributed by atoms with Gasteiger partial charge in [-0.15, -0.1) is 0 Å². The maximum absolute atomic E-state index is 13.7. The molecule has 3 aromatic rings. The highest BCUT2D eigenvalue weighted by Gasteiger charge is 2.36. The van der Waals surface area contributed by atoms with E-state index in [2.05, 4.69) is 15.6 Å². The first kappa shape index (κ1) is 23.9. The molecule has 3 rings (SSSR count). The van der Waals surface area contributed by atoms with Crippen molar-refractivity contribution in [1.29, 1.82) is 5.26 Å². The van der Waals surface area contributed by atoms with E-state index in [0.29, 0.717) is 23.1 Å². The SMILES string of the molecule is COc1ccc(-c2cc(C(F)(F)F)c(C#N)c(SCC(=O)Nc3c[n+](N(C)C)no3)n2)cc1. The zero-order chi connectivity index (χ0) is 24.2. The maximum atomic E-state index is 13.7. The third-order valence-electron chi connectivity index (χ3n) is 4.26. The first-order valence-corrected chi connectivity index (χ1v) is 10.3. The van der Waals surface area contributed by atoms with Crippen LogP contribution in [0, 0.1) is 11.3 Å². The van der Waals surface area contributed by atoms with E-state index in [9.17, 15) is 23.2 Å². The molecule has 13 heteroatoms. The minimum absolute atomic E-state index is 0.00847. The number of hydrogen-bond acceptors (Lipinski definition) is 8. The average Bonchev–Trinajstić information content (AvgIpc) is 3.25. The van der Waals surface area contributed by atoms with Gasteiger partial charge in [0.15, 0.2) is 0 Å². The summed E-state index contributed by atoms with van der Waals surface area (Å²) in [5.74, 6) is -0.312. The van der Waals surface area contributed by atoms with Gasteiger partial charge in [0.05, 0.1) is 48.6 Å². The van der Waals surface area contributed by atoms with E-state index in [1.807, 2.05) is 0 Å². The van der Waals surface area contributed by atoms with Crippen LogP contribution in [-0.4, -0.2) is 43.1 Å². The Bertz CT molecular complexity index is 1190. The minimum Gasteiger partial charge on any atom is -0.497 e. The van der Waals surface area contributed by atoms with Crippen LogP contribution in [0.2, 0.25) is 0 Å². The molecule has 0 saturated heterocycles. The van der Waals surface area contributed by atoms with Crippen LogP contribution in [-0.2, 0) is 11.0 Å². The number of ether oxygens (including phenoxy) is 1. The van der Waals surface area contributed by atoms with Crippen LogP contribution in [0.15, 0.2) is 46.1 Å². The van der Waals surface area contributed by atoms with Crippen molar-refractivity contribution in [2.24, 2.45) is 0 Å². The van der Waals surface area contributed by atoms with Crippen molar-refractivity contribution in [2.75, 3.05) is 37.3 Å². The molecule has 0 atom stereocenters. The Hall–Kier alpha value is -3.79. The molecule has 2 heterocycles. The Morgan fingerprint density at radius 3 is 2.58 bits per heavy atom. The number of anilines is 1. The van der Waals surface area contributed by atoms with Gasteiger partial charge in [-0.25, -0.2) is 4.98 Å². The Kier molecular flexibility index (Phi) is 7.07. The number of nitriles is 1. The number of carbonyl (C=O) groups is 1. The molecule has 0 saturated carbocycles. The van der Waals surface area contributed by atoms with Crippen LogP contribution in [0.4, 0.5) is 19.1 Å². The molecule has 172 valence electrons. The summed E-state index contributed by atoms with van der Waals surface area (Å²) in [6, 6.07) is 8.66. The highest BCUT2D eigenvalue weighted by molar-refractivity contribution is 8.00. The van der Waals surface area contributed by atoms with Gasteiger partial charge in [-0.1, -0.05) is 11.8 Å².